The van der Waals surface area contributed by atoms with Gasteiger partial charge in [-0.1, -0.05) is 44.2 Å². The van der Waals surface area contributed by atoms with Gasteiger partial charge in [0.1, 0.15) is 17.6 Å². The van der Waals surface area contributed by atoms with Gasteiger partial charge in [-0.3, -0.25) is 9.59 Å². The second kappa shape index (κ2) is 12.6. The zero-order chi connectivity index (χ0) is 21.8. The zero-order valence-electron chi connectivity index (χ0n) is 17.8. The molecule has 30 heavy (non-hydrogen) atoms. The number of para-hydroxylation sites is 1. The van der Waals surface area contributed by atoms with Gasteiger partial charge in [-0.2, -0.15) is 0 Å². The van der Waals surface area contributed by atoms with Crippen LogP contribution in [0, 0.1) is 5.82 Å². The normalized spacial score (nSPS) is 11.6. The largest absolute Gasteiger partial charge is 0.494 e. The molecule has 0 unspecified atom stereocenters. The smallest absolute Gasteiger partial charge is 0.242 e. The van der Waals surface area contributed by atoms with E-state index in [9.17, 15) is 14.0 Å². The van der Waals surface area contributed by atoms with Crippen molar-refractivity contribution in [2.45, 2.75) is 52.1 Å². The summed E-state index contributed by atoms with van der Waals surface area (Å²) in [5.41, 5.74) is 0.784. The van der Waals surface area contributed by atoms with Crippen LogP contribution in [0.5, 0.6) is 5.75 Å². The molecule has 2 rings (SSSR count). The fraction of sp³-hybridized carbons (Fsp3) is 0.417. The van der Waals surface area contributed by atoms with Gasteiger partial charge in [-0.15, -0.1) is 0 Å². The third-order valence-corrected chi connectivity index (χ3v) is 4.75. The van der Waals surface area contributed by atoms with Gasteiger partial charge in [-0.25, -0.2) is 4.39 Å². The van der Waals surface area contributed by atoms with Gasteiger partial charge in [0.2, 0.25) is 11.8 Å². The highest BCUT2D eigenvalue weighted by atomic mass is 19.1. The Bertz CT molecular complexity index is 781. The molecule has 0 fully saturated rings. The van der Waals surface area contributed by atoms with Crippen molar-refractivity contribution in [2.75, 3.05) is 13.2 Å². The average Bonchev–Trinajstić information content (AvgIpc) is 2.77. The predicted octanol–water partition coefficient (Wildman–Crippen LogP) is 4.32. The number of ether oxygens (including phenoxy) is 1. The van der Waals surface area contributed by atoms with E-state index in [1.54, 1.807) is 17.0 Å². The van der Waals surface area contributed by atoms with Crippen molar-refractivity contribution < 1.29 is 18.7 Å². The first-order valence-electron chi connectivity index (χ1n) is 10.5. The number of amides is 2. The highest BCUT2D eigenvalue weighted by Crippen LogP contribution is 2.15. The molecule has 5 nitrogen and oxygen atoms in total. The van der Waals surface area contributed by atoms with Crippen molar-refractivity contribution in [1.29, 1.82) is 0 Å². The lowest BCUT2D eigenvalue weighted by Gasteiger charge is -2.30. The number of hydrogen-bond donors (Lipinski definition) is 1. The van der Waals surface area contributed by atoms with Gasteiger partial charge < -0.3 is 15.0 Å². The number of hydrogen-bond acceptors (Lipinski definition) is 3. The number of benzene rings is 2. The van der Waals surface area contributed by atoms with E-state index in [1.807, 2.05) is 44.2 Å². The summed E-state index contributed by atoms with van der Waals surface area (Å²) < 4.78 is 18.9. The number of halogens is 1. The van der Waals surface area contributed by atoms with E-state index in [0.29, 0.717) is 26.0 Å². The van der Waals surface area contributed by atoms with Gasteiger partial charge in [0.05, 0.1) is 6.61 Å². The van der Waals surface area contributed by atoms with E-state index >= 15 is 0 Å². The number of nitrogens with zero attached hydrogens (tertiary/aromatic N) is 1. The molecule has 1 N–H and O–H groups in total. The first-order valence-corrected chi connectivity index (χ1v) is 10.5. The summed E-state index contributed by atoms with van der Waals surface area (Å²) in [6.07, 6.45) is 2.14. The van der Waals surface area contributed by atoms with Crippen LogP contribution in [0.25, 0.3) is 0 Å². The molecule has 0 saturated heterocycles. The molecule has 2 aromatic rings. The van der Waals surface area contributed by atoms with Crippen molar-refractivity contribution in [3.05, 3.63) is 66.0 Å². The maximum absolute atomic E-state index is 13.3. The van der Waals surface area contributed by atoms with Crippen molar-refractivity contribution in [1.82, 2.24) is 10.2 Å². The number of rotatable bonds is 12. The number of carbonyl (C=O) groups excluding carboxylic acids is 2. The molecule has 0 aliphatic carbocycles. The summed E-state index contributed by atoms with van der Waals surface area (Å²) in [5.74, 6) is 0.158. The Morgan fingerprint density at radius 2 is 1.77 bits per heavy atom. The van der Waals surface area contributed by atoms with Gasteiger partial charge in [0.15, 0.2) is 0 Å². The van der Waals surface area contributed by atoms with E-state index < -0.39 is 6.04 Å². The third kappa shape index (κ3) is 7.50. The molecule has 0 saturated carbocycles. The number of nitrogens with one attached hydrogen (secondary N) is 1. The molecule has 0 aliphatic heterocycles. The topological polar surface area (TPSA) is 58.6 Å². The Hall–Kier alpha value is -2.89. The van der Waals surface area contributed by atoms with Crippen molar-refractivity contribution >= 4 is 11.8 Å². The molecule has 0 aromatic heterocycles. The van der Waals surface area contributed by atoms with E-state index in [4.69, 9.17) is 4.74 Å². The minimum atomic E-state index is -0.566. The van der Waals surface area contributed by atoms with Crippen LogP contribution in [0.15, 0.2) is 54.6 Å². The first-order chi connectivity index (χ1) is 14.5. The van der Waals surface area contributed by atoms with Crippen LogP contribution in [0.2, 0.25) is 0 Å². The van der Waals surface area contributed by atoms with Gasteiger partial charge in [0, 0.05) is 19.5 Å². The molecule has 0 bridgehead atoms. The Labute approximate surface area is 178 Å². The Morgan fingerprint density at radius 1 is 1.07 bits per heavy atom. The molecule has 162 valence electrons. The van der Waals surface area contributed by atoms with E-state index in [1.165, 1.54) is 12.1 Å². The average molecular weight is 415 g/mol. The van der Waals surface area contributed by atoms with Gasteiger partial charge >= 0.3 is 0 Å². The fourth-order valence-corrected chi connectivity index (χ4v) is 3.15. The maximum Gasteiger partial charge on any atom is 0.242 e. The standard InChI is InChI=1S/C24H31FN2O3/c1-3-16-26-24(29)22(4-2)27(18-19-12-14-20(25)15-13-19)23(28)11-8-17-30-21-9-6-5-7-10-21/h5-7,9-10,12-15,22H,3-4,8,11,16-18H2,1-2H3,(H,26,29)/t22-/m0/s1. The van der Waals surface area contributed by atoms with E-state index in [-0.39, 0.29) is 30.6 Å². The summed E-state index contributed by atoms with van der Waals surface area (Å²) >= 11 is 0. The monoisotopic (exact) mass is 414 g/mol. The van der Waals surface area contributed by atoms with Crippen LogP contribution >= 0.6 is 0 Å². The van der Waals surface area contributed by atoms with Crippen molar-refractivity contribution in [3.63, 3.8) is 0 Å². The molecule has 0 heterocycles. The number of carbonyl (C=O) groups is 2. The molecule has 2 amide bonds. The summed E-state index contributed by atoms with van der Waals surface area (Å²) in [6.45, 7) is 5.11. The van der Waals surface area contributed by atoms with Crippen LogP contribution < -0.4 is 10.1 Å². The van der Waals surface area contributed by atoms with Crippen LogP contribution in [-0.2, 0) is 16.1 Å². The van der Waals surface area contributed by atoms with Crippen molar-refractivity contribution in [3.8, 4) is 5.75 Å². The second-order valence-corrected chi connectivity index (χ2v) is 7.13. The SMILES string of the molecule is CCCNC(=O)[C@H](CC)N(Cc1ccc(F)cc1)C(=O)CCCOc1ccccc1. The van der Waals surface area contributed by atoms with Crippen LogP contribution in [0.1, 0.15) is 45.1 Å². The molecule has 0 radical (unpaired) electrons. The lowest BCUT2D eigenvalue weighted by atomic mass is 10.1. The van der Waals surface area contributed by atoms with Crippen LogP contribution in [-0.4, -0.2) is 35.9 Å². The van der Waals surface area contributed by atoms with Gasteiger partial charge in [0.25, 0.3) is 0 Å². The molecule has 1 atom stereocenters. The summed E-state index contributed by atoms with van der Waals surface area (Å²) in [4.78, 5) is 27.3. The summed E-state index contributed by atoms with van der Waals surface area (Å²) in [5, 5.41) is 2.88. The fourth-order valence-electron chi connectivity index (χ4n) is 3.15. The Morgan fingerprint density at radius 3 is 2.40 bits per heavy atom. The van der Waals surface area contributed by atoms with E-state index in [0.717, 1.165) is 17.7 Å². The minimum Gasteiger partial charge on any atom is -0.494 e. The third-order valence-electron chi connectivity index (χ3n) is 4.75. The first kappa shape index (κ1) is 23.4. The second-order valence-electron chi connectivity index (χ2n) is 7.13. The molecule has 6 heteroatoms. The van der Waals surface area contributed by atoms with E-state index in [2.05, 4.69) is 5.32 Å². The minimum absolute atomic E-state index is 0.116. The predicted molar refractivity (Wildman–Crippen MR) is 116 cm³/mol. The van der Waals surface area contributed by atoms with Crippen molar-refractivity contribution in [2.24, 2.45) is 0 Å². The lowest BCUT2D eigenvalue weighted by molar-refractivity contribution is -0.141. The quantitative estimate of drug-likeness (QED) is 0.526. The van der Waals surface area contributed by atoms with Crippen LogP contribution in [0.3, 0.4) is 0 Å². The Balaban J connectivity index is 2.03. The molecule has 0 spiro atoms. The molecular weight excluding hydrogens is 383 g/mol. The highest BCUT2D eigenvalue weighted by Gasteiger charge is 2.28. The summed E-state index contributed by atoms with van der Waals surface area (Å²) in [7, 11) is 0. The Kier molecular flexibility index (Phi) is 9.84. The van der Waals surface area contributed by atoms with Gasteiger partial charge in [-0.05, 0) is 49.1 Å². The highest BCUT2D eigenvalue weighted by molar-refractivity contribution is 5.87. The zero-order valence-corrected chi connectivity index (χ0v) is 17.8. The molecule has 0 aliphatic rings. The maximum atomic E-state index is 13.3. The molecular formula is C24H31FN2O3. The molecule has 2 aromatic carbocycles. The van der Waals surface area contributed by atoms with Crippen LogP contribution in [0.4, 0.5) is 4.39 Å². The lowest BCUT2D eigenvalue weighted by Crippen LogP contribution is -2.49. The summed E-state index contributed by atoms with van der Waals surface area (Å²) in [6, 6.07) is 14.9.